The number of carbonyl (C=O) groups is 1. The standard InChI is InChI=1S/C16H18FN5O3/c1-4-21(8-13-18-11(9-24-3)20-25-13)16(23)14-15(17)22-6-5-10(2)7-12(22)19-14/h5-7H,4,8-9H2,1-3H3. The number of carbonyl (C=O) groups excluding carboxylic acids is 1. The molecular weight excluding hydrogens is 329 g/mol. The SMILES string of the molecule is CCN(Cc1nc(COC)no1)C(=O)c1nc2cc(C)ccn2c1F. The van der Waals surface area contributed by atoms with Gasteiger partial charge in [0.25, 0.3) is 5.91 Å². The minimum atomic E-state index is -0.691. The van der Waals surface area contributed by atoms with Crippen molar-refractivity contribution in [2.24, 2.45) is 0 Å². The van der Waals surface area contributed by atoms with Gasteiger partial charge in [-0.25, -0.2) is 4.98 Å². The molecule has 0 saturated carbocycles. The molecule has 0 bridgehead atoms. The summed E-state index contributed by atoms with van der Waals surface area (Å²) in [6.45, 7) is 4.28. The molecule has 8 nitrogen and oxygen atoms in total. The number of fused-ring (bicyclic) bond motifs is 1. The van der Waals surface area contributed by atoms with Crippen molar-refractivity contribution in [2.75, 3.05) is 13.7 Å². The molecule has 3 rings (SSSR count). The number of hydrogen-bond acceptors (Lipinski definition) is 6. The molecule has 0 saturated heterocycles. The van der Waals surface area contributed by atoms with E-state index in [9.17, 15) is 9.18 Å². The van der Waals surface area contributed by atoms with Gasteiger partial charge in [-0.15, -0.1) is 0 Å². The van der Waals surface area contributed by atoms with Crippen LogP contribution in [0.5, 0.6) is 0 Å². The number of nitrogens with zero attached hydrogens (tertiary/aromatic N) is 5. The Kier molecular flexibility index (Phi) is 4.75. The number of methoxy groups -OCH3 is 1. The van der Waals surface area contributed by atoms with Gasteiger partial charge in [-0.2, -0.15) is 9.37 Å². The summed E-state index contributed by atoms with van der Waals surface area (Å²) in [5.41, 5.74) is 1.08. The largest absolute Gasteiger partial charge is 0.377 e. The van der Waals surface area contributed by atoms with Crippen molar-refractivity contribution >= 4 is 11.6 Å². The van der Waals surface area contributed by atoms with Gasteiger partial charge in [0, 0.05) is 19.9 Å². The van der Waals surface area contributed by atoms with Crippen molar-refractivity contribution in [2.45, 2.75) is 27.0 Å². The van der Waals surface area contributed by atoms with E-state index in [1.54, 1.807) is 25.3 Å². The number of imidazole rings is 1. The summed E-state index contributed by atoms with van der Waals surface area (Å²) in [6.07, 6.45) is 1.55. The Morgan fingerprint density at radius 3 is 2.96 bits per heavy atom. The molecule has 0 aliphatic heterocycles. The van der Waals surface area contributed by atoms with E-state index in [0.29, 0.717) is 18.0 Å². The quantitative estimate of drug-likeness (QED) is 0.678. The van der Waals surface area contributed by atoms with Gasteiger partial charge < -0.3 is 14.2 Å². The summed E-state index contributed by atoms with van der Waals surface area (Å²) < 4.78 is 25.8. The molecule has 25 heavy (non-hydrogen) atoms. The molecule has 0 atom stereocenters. The Morgan fingerprint density at radius 1 is 1.44 bits per heavy atom. The van der Waals surface area contributed by atoms with Crippen molar-refractivity contribution in [3.63, 3.8) is 0 Å². The predicted molar refractivity (Wildman–Crippen MR) is 85.3 cm³/mol. The van der Waals surface area contributed by atoms with E-state index in [-0.39, 0.29) is 24.7 Å². The van der Waals surface area contributed by atoms with E-state index in [4.69, 9.17) is 9.26 Å². The Morgan fingerprint density at radius 2 is 2.24 bits per heavy atom. The van der Waals surface area contributed by atoms with Gasteiger partial charge in [0.1, 0.15) is 18.8 Å². The van der Waals surface area contributed by atoms with Crippen LogP contribution in [0, 0.1) is 12.9 Å². The van der Waals surface area contributed by atoms with Crippen LogP contribution in [0.1, 0.15) is 34.7 Å². The zero-order valence-corrected chi connectivity index (χ0v) is 14.2. The summed E-state index contributed by atoms with van der Waals surface area (Å²) in [5.74, 6) is -0.588. The van der Waals surface area contributed by atoms with Crippen molar-refractivity contribution in [1.82, 2.24) is 24.4 Å². The molecule has 3 aromatic rings. The Bertz CT molecular complexity index is 904. The van der Waals surface area contributed by atoms with Crippen LogP contribution in [0.15, 0.2) is 22.9 Å². The number of aromatic nitrogens is 4. The van der Waals surface area contributed by atoms with Crippen LogP contribution in [0.2, 0.25) is 0 Å². The van der Waals surface area contributed by atoms with E-state index >= 15 is 0 Å². The summed E-state index contributed by atoms with van der Waals surface area (Å²) in [6, 6.07) is 3.46. The zero-order chi connectivity index (χ0) is 18.0. The first-order valence-electron chi connectivity index (χ1n) is 7.77. The zero-order valence-electron chi connectivity index (χ0n) is 14.2. The van der Waals surface area contributed by atoms with Crippen LogP contribution in [-0.2, 0) is 17.9 Å². The summed E-state index contributed by atoms with van der Waals surface area (Å²) >= 11 is 0. The summed E-state index contributed by atoms with van der Waals surface area (Å²) in [4.78, 5) is 22.3. The van der Waals surface area contributed by atoms with Crippen LogP contribution in [0.25, 0.3) is 5.65 Å². The Balaban J connectivity index is 1.85. The van der Waals surface area contributed by atoms with Crippen molar-refractivity contribution in [3.8, 4) is 0 Å². The van der Waals surface area contributed by atoms with Crippen LogP contribution in [-0.4, -0.2) is 44.0 Å². The molecule has 0 aliphatic carbocycles. The molecule has 3 heterocycles. The third-order valence-corrected chi connectivity index (χ3v) is 3.70. The fourth-order valence-electron chi connectivity index (χ4n) is 2.44. The third kappa shape index (κ3) is 3.36. The van der Waals surface area contributed by atoms with Gasteiger partial charge in [0.2, 0.25) is 11.8 Å². The molecular formula is C16H18FN5O3. The molecule has 1 amide bonds. The summed E-state index contributed by atoms with van der Waals surface area (Å²) in [7, 11) is 1.52. The molecule has 0 fully saturated rings. The maximum atomic E-state index is 14.5. The third-order valence-electron chi connectivity index (χ3n) is 3.70. The maximum absolute atomic E-state index is 14.5. The number of hydrogen-bond donors (Lipinski definition) is 0. The number of aryl methyl sites for hydroxylation is 1. The summed E-state index contributed by atoms with van der Waals surface area (Å²) in [5, 5.41) is 3.74. The lowest BCUT2D eigenvalue weighted by Gasteiger charge is -2.17. The number of rotatable bonds is 6. The maximum Gasteiger partial charge on any atom is 0.277 e. The van der Waals surface area contributed by atoms with Crippen molar-refractivity contribution < 1.29 is 18.4 Å². The second kappa shape index (κ2) is 6.98. The first kappa shape index (κ1) is 17.0. The smallest absolute Gasteiger partial charge is 0.277 e. The van der Waals surface area contributed by atoms with Gasteiger partial charge >= 0.3 is 0 Å². The highest BCUT2D eigenvalue weighted by molar-refractivity contribution is 5.93. The molecule has 0 unspecified atom stereocenters. The van der Waals surface area contributed by atoms with Gasteiger partial charge in [-0.1, -0.05) is 5.16 Å². The first-order chi connectivity index (χ1) is 12.0. The van der Waals surface area contributed by atoms with Gasteiger partial charge in [-0.3, -0.25) is 9.20 Å². The second-order valence-corrected chi connectivity index (χ2v) is 5.54. The van der Waals surface area contributed by atoms with Crippen molar-refractivity contribution in [1.29, 1.82) is 0 Å². The lowest BCUT2D eigenvalue weighted by atomic mass is 10.3. The van der Waals surface area contributed by atoms with Gasteiger partial charge in [0.15, 0.2) is 11.5 Å². The van der Waals surface area contributed by atoms with E-state index in [0.717, 1.165) is 5.56 Å². The predicted octanol–water partition coefficient (Wildman–Crippen LogP) is 1.97. The van der Waals surface area contributed by atoms with E-state index in [1.165, 1.54) is 16.4 Å². The van der Waals surface area contributed by atoms with Crippen molar-refractivity contribution in [3.05, 3.63) is 47.2 Å². The molecule has 132 valence electrons. The number of pyridine rings is 1. The average molecular weight is 347 g/mol. The van der Waals surface area contributed by atoms with Gasteiger partial charge in [-0.05, 0) is 31.5 Å². The number of ether oxygens (including phenoxy) is 1. The molecule has 3 aromatic heterocycles. The normalized spacial score (nSPS) is 11.2. The lowest BCUT2D eigenvalue weighted by Crippen LogP contribution is -2.31. The van der Waals surface area contributed by atoms with E-state index < -0.39 is 11.9 Å². The Labute approximate surface area is 143 Å². The van der Waals surface area contributed by atoms with Crippen LogP contribution in [0.4, 0.5) is 4.39 Å². The highest BCUT2D eigenvalue weighted by Gasteiger charge is 2.25. The lowest BCUT2D eigenvalue weighted by molar-refractivity contribution is 0.0723. The van der Waals surface area contributed by atoms with Crippen LogP contribution >= 0.6 is 0 Å². The van der Waals surface area contributed by atoms with E-state index in [2.05, 4.69) is 15.1 Å². The molecule has 0 N–H and O–H groups in total. The highest BCUT2D eigenvalue weighted by Crippen LogP contribution is 2.16. The minimum absolute atomic E-state index is 0.0678. The topological polar surface area (TPSA) is 85.8 Å². The second-order valence-electron chi connectivity index (χ2n) is 5.54. The Hall–Kier alpha value is -2.81. The molecule has 0 radical (unpaired) electrons. The number of amides is 1. The molecule has 0 spiro atoms. The highest BCUT2D eigenvalue weighted by atomic mass is 19.1. The molecule has 0 aromatic carbocycles. The minimum Gasteiger partial charge on any atom is -0.377 e. The number of halogens is 1. The fourth-order valence-corrected chi connectivity index (χ4v) is 2.44. The van der Waals surface area contributed by atoms with Gasteiger partial charge in [0.05, 0.1) is 0 Å². The monoisotopic (exact) mass is 347 g/mol. The van der Waals surface area contributed by atoms with E-state index in [1.807, 2.05) is 6.92 Å². The molecule has 0 aliphatic rings. The van der Waals surface area contributed by atoms with Crippen LogP contribution < -0.4 is 0 Å². The van der Waals surface area contributed by atoms with Crippen LogP contribution in [0.3, 0.4) is 0 Å². The average Bonchev–Trinajstić information content (AvgIpc) is 3.16. The fraction of sp³-hybridized carbons (Fsp3) is 0.375. The molecule has 9 heteroatoms. The first-order valence-corrected chi connectivity index (χ1v) is 7.77.